The Morgan fingerprint density at radius 1 is 1.22 bits per heavy atom. The summed E-state index contributed by atoms with van der Waals surface area (Å²) >= 11 is 0. The quantitative estimate of drug-likeness (QED) is 0.663. The molecule has 0 spiro atoms. The molecule has 1 saturated heterocycles. The van der Waals surface area contributed by atoms with E-state index in [1.165, 1.54) is 24.0 Å². The highest BCUT2D eigenvalue weighted by molar-refractivity contribution is 5.78. The van der Waals surface area contributed by atoms with Gasteiger partial charge in [-0.15, -0.1) is 0 Å². The molecule has 4 heteroatoms. The van der Waals surface area contributed by atoms with Crippen molar-refractivity contribution in [2.24, 2.45) is 16.6 Å². The van der Waals surface area contributed by atoms with E-state index in [1.54, 1.807) is 0 Å². The number of guanidine groups is 1. The molecular formula is C19H32N4. The van der Waals surface area contributed by atoms with Gasteiger partial charge in [0.2, 0.25) is 0 Å². The van der Waals surface area contributed by atoms with E-state index in [0.29, 0.717) is 11.9 Å². The lowest BCUT2D eigenvalue weighted by Gasteiger charge is -2.31. The van der Waals surface area contributed by atoms with E-state index in [0.717, 1.165) is 26.2 Å². The third-order valence-electron chi connectivity index (χ3n) is 4.26. The second kappa shape index (κ2) is 7.82. The van der Waals surface area contributed by atoms with Crippen molar-refractivity contribution in [3.8, 4) is 0 Å². The van der Waals surface area contributed by atoms with Crippen LogP contribution in [0.3, 0.4) is 0 Å². The Bertz CT molecular complexity index is 505. The fourth-order valence-corrected chi connectivity index (χ4v) is 2.93. The number of hydrogen-bond acceptors (Lipinski definition) is 2. The Balaban J connectivity index is 1.73. The van der Waals surface area contributed by atoms with Gasteiger partial charge >= 0.3 is 0 Å². The molecule has 0 saturated carbocycles. The zero-order valence-corrected chi connectivity index (χ0v) is 15.1. The van der Waals surface area contributed by atoms with Crippen molar-refractivity contribution < 1.29 is 0 Å². The van der Waals surface area contributed by atoms with Crippen molar-refractivity contribution in [3.63, 3.8) is 0 Å². The summed E-state index contributed by atoms with van der Waals surface area (Å²) in [7, 11) is 0. The number of benzene rings is 1. The maximum Gasteiger partial charge on any atom is 0.188 e. The maximum atomic E-state index is 5.95. The highest BCUT2D eigenvalue weighted by Crippen LogP contribution is 2.19. The van der Waals surface area contributed by atoms with Crippen LogP contribution in [0.2, 0.25) is 0 Å². The molecule has 4 nitrogen and oxygen atoms in total. The summed E-state index contributed by atoms with van der Waals surface area (Å²) in [4.78, 5) is 7.06. The Morgan fingerprint density at radius 2 is 1.83 bits per heavy atom. The molecule has 0 aromatic heterocycles. The number of nitrogens with one attached hydrogen (secondary N) is 1. The van der Waals surface area contributed by atoms with Gasteiger partial charge in [-0.25, -0.2) is 0 Å². The lowest BCUT2D eigenvalue weighted by atomic mass is 9.96. The third kappa shape index (κ3) is 6.61. The zero-order chi connectivity index (χ0) is 16.9. The fourth-order valence-electron chi connectivity index (χ4n) is 2.93. The van der Waals surface area contributed by atoms with Gasteiger partial charge in [0, 0.05) is 18.6 Å². The van der Waals surface area contributed by atoms with Gasteiger partial charge in [0.1, 0.15) is 0 Å². The molecule has 3 N–H and O–H groups in total. The van der Waals surface area contributed by atoms with Crippen LogP contribution in [-0.4, -0.2) is 36.0 Å². The number of likely N-dealkylation sites (tertiary alicyclic amines) is 1. The first kappa shape index (κ1) is 17.8. The lowest BCUT2D eigenvalue weighted by molar-refractivity contribution is 0.180. The molecule has 0 unspecified atom stereocenters. The molecule has 1 aliphatic heterocycles. The Morgan fingerprint density at radius 3 is 2.39 bits per heavy atom. The first-order chi connectivity index (χ1) is 10.8. The molecule has 1 aliphatic rings. The molecule has 0 amide bonds. The zero-order valence-electron chi connectivity index (χ0n) is 15.1. The molecule has 0 atom stereocenters. The first-order valence-electron chi connectivity index (χ1n) is 8.68. The van der Waals surface area contributed by atoms with Gasteiger partial charge in [0.15, 0.2) is 5.96 Å². The normalized spacial score (nSPS) is 18.2. The highest BCUT2D eigenvalue weighted by Gasteiger charge is 2.19. The predicted molar refractivity (Wildman–Crippen MR) is 98.6 cm³/mol. The van der Waals surface area contributed by atoms with E-state index in [-0.39, 0.29) is 5.54 Å². The molecule has 128 valence electrons. The van der Waals surface area contributed by atoms with Crippen LogP contribution in [0.25, 0.3) is 0 Å². The maximum absolute atomic E-state index is 5.95. The fraction of sp³-hybridized carbons (Fsp3) is 0.632. The standard InChI is InChI=1S/C19H32N4/c1-15-5-7-17(8-6-15)14-23-11-9-16(10-12-23)13-21-18(20)22-19(2,3)4/h5-8,16H,9-14H2,1-4H3,(H3,20,21,22). The molecule has 0 aliphatic carbocycles. The van der Waals surface area contributed by atoms with Crippen LogP contribution in [0.1, 0.15) is 44.7 Å². The van der Waals surface area contributed by atoms with Crippen molar-refractivity contribution in [1.29, 1.82) is 0 Å². The number of aryl methyl sites for hydroxylation is 1. The van der Waals surface area contributed by atoms with Crippen molar-refractivity contribution in [1.82, 2.24) is 10.2 Å². The average molecular weight is 316 g/mol. The topological polar surface area (TPSA) is 53.6 Å². The van der Waals surface area contributed by atoms with E-state index < -0.39 is 0 Å². The van der Waals surface area contributed by atoms with Gasteiger partial charge in [0.25, 0.3) is 0 Å². The molecule has 0 bridgehead atoms. The van der Waals surface area contributed by atoms with Gasteiger partial charge in [-0.05, 0) is 65.1 Å². The van der Waals surface area contributed by atoms with Crippen LogP contribution in [0.15, 0.2) is 29.3 Å². The highest BCUT2D eigenvalue weighted by atomic mass is 15.1. The van der Waals surface area contributed by atoms with Crippen molar-refractivity contribution in [2.75, 3.05) is 19.6 Å². The number of piperidine rings is 1. The van der Waals surface area contributed by atoms with E-state index in [9.17, 15) is 0 Å². The van der Waals surface area contributed by atoms with Gasteiger partial charge in [-0.2, -0.15) is 0 Å². The number of hydrogen-bond donors (Lipinski definition) is 2. The van der Waals surface area contributed by atoms with Crippen LogP contribution >= 0.6 is 0 Å². The minimum atomic E-state index is -0.0228. The van der Waals surface area contributed by atoms with Gasteiger partial charge in [-0.1, -0.05) is 29.8 Å². The van der Waals surface area contributed by atoms with Crippen LogP contribution < -0.4 is 11.1 Å². The molecule has 0 radical (unpaired) electrons. The summed E-state index contributed by atoms with van der Waals surface area (Å²) in [6.07, 6.45) is 2.41. The number of rotatable bonds is 4. The minimum absolute atomic E-state index is 0.0228. The van der Waals surface area contributed by atoms with Crippen molar-refractivity contribution in [3.05, 3.63) is 35.4 Å². The third-order valence-corrected chi connectivity index (χ3v) is 4.26. The molecular weight excluding hydrogens is 284 g/mol. The molecule has 23 heavy (non-hydrogen) atoms. The molecule has 2 rings (SSSR count). The Kier molecular flexibility index (Phi) is 6.05. The van der Waals surface area contributed by atoms with E-state index in [1.807, 2.05) is 0 Å². The smallest absolute Gasteiger partial charge is 0.188 e. The predicted octanol–water partition coefficient (Wildman–Crippen LogP) is 2.91. The van der Waals surface area contributed by atoms with Crippen LogP contribution in [0.4, 0.5) is 0 Å². The Labute approximate surface area is 141 Å². The molecule has 1 aromatic carbocycles. The van der Waals surface area contributed by atoms with Crippen molar-refractivity contribution in [2.45, 2.75) is 52.6 Å². The summed E-state index contributed by atoms with van der Waals surface area (Å²) in [5, 5.41) is 3.22. The van der Waals surface area contributed by atoms with Gasteiger partial charge in [-0.3, -0.25) is 9.89 Å². The number of nitrogens with two attached hydrogens (primary N) is 1. The summed E-state index contributed by atoms with van der Waals surface area (Å²) in [6.45, 7) is 12.6. The van der Waals surface area contributed by atoms with Crippen molar-refractivity contribution >= 4 is 5.96 Å². The van der Waals surface area contributed by atoms with Crippen LogP contribution in [-0.2, 0) is 6.54 Å². The van der Waals surface area contributed by atoms with Gasteiger partial charge < -0.3 is 11.1 Å². The second-order valence-corrected chi connectivity index (χ2v) is 7.81. The summed E-state index contributed by atoms with van der Waals surface area (Å²) < 4.78 is 0. The van der Waals surface area contributed by atoms with Crippen LogP contribution in [0, 0.1) is 12.8 Å². The monoisotopic (exact) mass is 316 g/mol. The molecule has 1 aromatic rings. The summed E-state index contributed by atoms with van der Waals surface area (Å²) in [5.41, 5.74) is 8.66. The molecule has 1 fully saturated rings. The Hall–Kier alpha value is -1.55. The summed E-state index contributed by atoms with van der Waals surface area (Å²) in [6, 6.07) is 8.87. The minimum Gasteiger partial charge on any atom is -0.370 e. The lowest BCUT2D eigenvalue weighted by Crippen LogP contribution is -2.45. The van der Waals surface area contributed by atoms with Gasteiger partial charge in [0.05, 0.1) is 0 Å². The number of nitrogens with zero attached hydrogens (tertiary/aromatic N) is 2. The first-order valence-corrected chi connectivity index (χ1v) is 8.68. The average Bonchev–Trinajstić information content (AvgIpc) is 2.47. The SMILES string of the molecule is Cc1ccc(CN2CCC(CN=C(N)NC(C)(C)C)CC2)cc1. The van der Waals surface area contributed by atoms with E-state index >= 15 is 0 Å². The van der Waals surface area contributed by atoms with E-state index in [4.69, 9.17) is 5.73 Å². The largest absolute Gasteiger partial charge is 0.370 e. The molecule has 1 heterocycles. The number of aliphatic imine (C=N–C) groups is 1. The summed E-state index contributed by atoms with van der Waals surface area (Å²) in [5.74, 6) is 1.23. The van der Waals surface area contributed by atoms with E-state index in [2.05, 4.69) is 67.2 Å². The second-order valence-electron chi connectivity index (χ2n) is 7.81. The van der Waals surface area contributed by atoms with Crippen LogP contribution in [0.5, 0.6) is 0 Å².